The second-order valence-electron chi connectivity index (χ2n) is 4.45. The first-order valence-corrected chi connectivity index (χ1v) is 8.15. The summed E-state index contributed by atoms with van der Waals surface area (Å²) in [5.41, 5.74) is 0.920. The molecule has 0 aliphatic carbocycles. The van der Waals surface area contributed by atoms with Gasteiger partial charge in [0.05, 0.1) is 11.6 Å². The normalized spacial score (nSPS) is 10.1. The summed E-state index contributed by atoms with van der Waals surface area (Å²) in [7, 11) is 1.61. The minimum absolute atomic E-state index is 0.0462. The molecule has 0 spiro atoms. The number of nitrogens with one attached hydrogen (secondary N) is 1. The minimum Gasteiger partial charge on any atom is -0.496 e. The Morgan fingerprint density at radius 1 is 1.14 bits per heavy atom. The van der Waals surface area contributed by atoms with Gasteiger partial charge in [0.2, 0.25) is 0 Å². The third kappa shape index (κ3) is 4.74. The van der Waals surface area contributed by atoms with E-state index in [1.54, 1.807) is 13.2 Å². The molecule has 0 aliphatic heterocycles. The number of amides is 1. The molecule has 0 radical (unpaired) electrons. The van der Waals surface area contributed by atoms with Crippen LogP contribution in [0.5, 0.6) is 11.5 Å². The van der Waals surface area contributed by atoms with Gasteiger partial charge in [-0.05, 0) is 40.2 Å². The maximum atomic E-state index is 11.9. The largest absolute Gasteiger partial charge is 0.496 e. The number of hydrogen-bond acceptors (Lipinski definition) is 3. The van der Waals surface area contributed by atoms with Crippen LogP contribution in [0.2, 0.25) is 0 Å². The van der Waals surface area contributed by atoms with E-state index >= 15 is 0 Å². The van der Waals surface area contributed by atoms with Crippen LogP contribution in [0.3, 0.4) is 0 Å². The highest BCUT2D eigenvalue weighted by atomic mass is 79.9. The number of para-hydroxylation sites is 1. The van der Waals surface area contributed by atoms with Gasteiger partial charge >= 0.3 is 0 Å². The zero-order chi connectivity index (χ0) is 15.9. The molecule has 1 N–H and O–H groups in total. The number of rotatable bonds is 6. The Hall–Kier alpha value is -1.53. The van der Waals surface area contributed by atoms with Gasteiger partial charge in [-0.1, -0.05) is 34.1 Å². The van der Waals surface area contributed by atoms with Crippen LogP contribution in [0, 0.1) is 0 Å². The van der Waals surface area contributed by atoms with Crippen molar-refractivity contribution in [2.24, 2.45) is 0 Å². The van der Waals surface area contributed by atoms with E-state index in [1.165, 1.54) is 0 Å². The van der Waals surface area contributed by atoms with Gasteiger partial charge in [0.15, 0.2) is 6.61 Å². The van der Waals surface area contributed by atoms with Crippen molar-refractivity contribution in [1.29, 1.82) is 0 Å². The molecule has 6 heteroatoms. The fourth-order valence-electron chi connectivity index (χ4n) is 1.83. The first-order valence-electron chi connectivity index (χ1n) is 6.56. The van der Waals surface area contributed by atoms with E-state index in [1.807, 2.05) is 36.4 Å². The summed E-state index contributed by atoms with van der Waals surface area (Å²) in [5.74, 6) is 1.18. The van der Waals surface area contributed by atoms with Crippen molar-refractivity contribution in [3.05, 3.63) is 57.0 Å². The van der Waals surface area contributed by atoms with Gasteiger partial charge in [0.1, 0.15) is 11.5 Å². The first-order chi connectivity index (χ1) is 10.6. The lowest BCUT2D eigenvalue weighted by Gasteiger charge is -2.11. The predicted octanol–water partition coefficient (Wildman–Crippen LogP) is 3.92. The molecule has 2 rings (SSSR count). The van der Waals surface area contributed by atoms with Crippen LogP contribution < -0.4 is 14.8 Å². The molecule has 2 aromatic rings. The average molecular weight is 429 g/mol. The second-order valence-corrected chi connectivity index (χ2v) is 6.22. The monoisotopic (exact) mass is 427 g/mol. The van der Waals surface area contributed by atoms with E-state index in [-0.39, 0.29) is 12.5 Å². The second kappa shape index (κ2) is 8.19. The van der Waals surface area contributed by atoms with Crippen LogP contribution in [0.15, 0.2) is 51.4 Å². The van der Waals surface area contributed by atoms with Crippen molar-refractivity contribution in [1.82, 2.24) is 5.32 Å². The number of halogens is 2. The van der Waals surface area contributed by atoms with Gasteiger partial charge in [0.25, 0.3) is 5.91 Å². The molecule has 4 nitrogen and oxygen atoms in total. The smallest absolute Gasteiger partial charge is 0.258 e. The summed E-state index contributed by atoms with van der Waals surface area (Å²) >= 11 is 6.75. The Labute approximate surface area is 146 Å². The standard InChI is InChI=1S/C16H15Br2NO3/c1-21-14-5-3-2-4-11(14)9-19-16(20)10-22-15-7-6-12(17)8-13(15)18/h2-8H,9-10H2,1H3,(H,19,20). The lowest BCUT2D eigenvalue weighted by molar-refractivity contribution is -0.123. The molecule has 1 amide bonds. The highest BCUT2D eigenvalue weighted by molar-refractivity contribution is 9.11. The van der Waals surface area contributed by atoms with Gasteiger partial charge in [-0.3, -0.25) is 4.79 Å². The summed E-state index contributed by atoms with van der Waals surface area (Å²) in [4.78, 5) is 11.9. The van der Waals surface area contributed by atoms with Crippen LogP contribution in [-0.4, -0.2) is 19.6 Å². The maximum Gasteiger partial charge on any atom is 0.258 e. The molecular weight excluding hydrogens is 414 g/mol. The lowest BCUT2D eigenvalue weighted by Crippen LogP contribution is -2.28. The fourth-order valence-corrected chi connectivity index (χ4v) is 2.99. The van der Waals surface area contributed by atoms with Crippen LogP contribution in [-0.2, 0) is 11.3 Å². The SMILES string of the molecule is COc1ccccc1CNC(=O)COc1ccc(Br)cc1Br. The fraction of sp³-hybridized carbons (Fsp3) is 0.188. The van der Waals surface area contributed by atoms with Crippen LogP contribution in [0.1, 0.15) is 5.56 Å². The molecule has 0 fully saturated rings. The molecular formula is C16H15Br2NO3. The van der Waals surface area contributed by atoms with Crippen molar-refractivity contribution in [2.75, 3.05) is 13.7 Å². The quantitative estimate of drug-likeness (QED) is 0.758. The van der Waals surface area contributed by atoms with E-state index in [4.69, 9.17) is 9.47 Å². The summed E-state index contributed by atoms with van der Waals surface area (Å²) in [6.45, 7) is 0.350. The Morgan fingerprint density at radius 2 is 1.91 bits per heavy atom. The minimum atomic E-state index is -0.194. The first kappa shape index (κ1) is 16.8. The van der Waals surface area contributed by atoms with Crippen LogP contribution in [0.25, 0.3) is 0 Å². The molecule has 0 saturated heterocycles. The number of carbonyl (C=O) groups excluding carboxylic acids is 1. The van der Waals surface area contributed by atoms with E-state index < -0.39 is 0 Å². The zero-order valence-electron chi connectivity index (χ0n) is 11.9. The van der Waals surface area contributed by atoms with Crippen molar-refractivity contribution in [3.63, 3.8) is 0 Å². The van der Waals surface area contributed by atoms with Gasteiger partial charge in [0, 0.05) is 16.6 Å². The van der Waals surface area contributed by atoms with Gasteiger partial charge in [-0.25, -0.2) is 0 Å². The highest BCUT2D eigenvalue weighted by Gasteiger charge is 2.07. The number of methoxy groups -OCH3 is 1. The van der Waals surface area contributed by atoms with Gasteiger partial charge in [-0.15, -0.1) is 0 Å². The summed E-state index contributed by atoms with van der Waals surface area (Å²) in [5, 5.41) is 2.81. The molecule has 22 heavy (non-hydrogen) atoms. The third-order valence-electron chi connectivity index (χ3n) is 2.92. The van der Waals surface area contributed by atoms with Crippen molar-refractivity contribution in [2.45, 2.75) is 6.54 Å². The number of carbonyl (C=O) groups is 1. The Balaban J connectivity index is 1.85. The molecule has 0 bridgehead atoms. The number of hydrogen-bond donors (Lipinski definition) is 1. The predicted molar refractivity (Wildman–Crippen MR) is 92.2 cm³/mol. The van der Waals surface area contributed by atoms with Crippen molar-refractivity contribution >= 4 is 37.8 Å². The molecule has 0 saturated carbocycles. The lowest BCUT2D eigenvalue weighted by atomic mass is 10.2. The molecule has 0 heterocycles. The van der Waals surface area contributed by atoms with Crippen LogP contribution in [0.4, 0.5) is 0 Å². The Bertz CT molecular complexity index is 662. The number of ether oxygens (including phenoxy) is 2. The van der Waals surface area contributed by atoms with Crippen molar-refractivity contribution in [3.8, 4) is 11.5 Å². The summed E-state index contributed by atoms with van der Waals surface area (Å²) < 4.78 is 12.5. The van der Waals surface area contributed by atoms with E-state index in [0.717, 1.165) is 20.3 Å². The molecule has 116 valence electrons. The van der Waals surface area contributed by atoms with Crippen molar-refractivity contribution < 1.29 is 14.3 Å². The molecule has 0 aromatic heterocycles. The summed E-state index contributed by atoms with van der Waals surface area (Å²) in [6.07, 6.45) is 0. The average Bonchev–Trinajstić information content (AvgIpc) is 2.52. The topological polar surface area (TPSA) is 47.6 Å². The Kier molecular flexibility index (Phi) is 6.27. The molecule has 0 atom stereocenters. The van der Waals surface area contributed by atoms with E-state index in [0.29, 0.717) is 12.3 Å². The van der Waals surface area contributed by atoms with Gasteiger partial charge < -0.3 is 14.8 Å². The molecule has 2 aromatic carbocycles. The third-order valence-corrected chi connectivity index (χ3v) is 4.03. The Morgan fingerprint density at radius 3 is 2.64 bits per heavy atom. The van der Waals surface area contributed by atoms with E-state index in [9.17, 15) is 4.79 Å². The molecule has 0 unspecified atom stereocenters. The van der Waals surface area contributed by atoms with Gasteiger partial charge in [-0.2, -0.15) is 0 Å². The number of benzene rings is 2. The summed E-state index contributed by atoms with van der Waals surface area (Å²) in [6, 6.07) is 13.1. The molecule has 0 aliphatic rings. The maximum absolute atomic E-state index is 11.9. The highest BCUT2D eigenvalue weighted by Crippen LogP contribution is 2.28. The zero-order valence-corrected chi connectivity index (χ0v) is 15.1. The van der Waals surface area contributed by atoms with E-state index in [2.05, 4.69) is 37.2 Å². The van der Waals surface area contributed by atoms with Crippen LogP contribution >= 0.6 is 31.9 Å².